The number of rotatable bonds is 3. The molecule has 1 aromatic heterocycles. The molecule has 4 heteroatoms. The second-order valence-electron chi connectivity index (χ2n) is 4.41. The van der Waals surface area contributed by atoms with E-state index in [1.54, 1.807) is 6.08 Å². The van der Waals surface area contributed by atoms with Crippen LogP contribution in [0.15, 0.2) is 30.3 Å². The van der Waals surface area contributed by atoms with E-state index < -0.39 is 0 Å². The monoisotopic (exact) mass is 366 g/mol. The van der Waals surface area contributed by atoms with Gasteiger partial charge in [0.2, 0.25) is 0 Å². The molecule has 0 radical (unpaired) electrons. The quantitative estimate of drug-likeness (QED) is 0.473. The van der Waals surface area contributed by atoms with Crippen LogP contribution in [0.2, 0.25) is 0 Å². The molecule has 0 aliphatic carbocycles. The summed E-state index contributed by atoms with van der Waals surface area (Å²) in [4.78, 5) is 12.0. The SMILES string of the molecule is Cc1nn(C)c(C)c1/C=C/C(=O)c1ccc(I)cc1. The van der Waals surface area contributed by atoms with E-state index in [1.165, 1.54) is 0 Å². The minimum atomic E-state index is 0.0130. The Labute approximate surface area is 126 Å². The number of aryl methyl sites for hydroxylation is 2. The third kappa shape index (κ3) is 3.12. The first-order chi connectivity index (χ1) is 8.99. The topological polar surface area (TPSA) is 34.9 Å². The second kappa shape index (κ2) is 5.69. The summed E-state index contributed by atoms with van der Waals surface area (Å²) >= 11 is 2.22. The average molecular weight is 366 g/mol. The Balaban J connectivity index is 2.23. The van der Waals surface area contributed by atoms with Gasteiger partial charge in [-0.15, -0.1) is 0 Å². The summed E-state index contributed by atoms with van der Waals surface area (Å²) in [6.07, 6.45) is 3.46. The highest BCUT2D eigenvalue weighted by molar-refractivity contribution is 14.1. The van der Waals surface area contributed by atoms with Crippen LogP contribution in [0.3, 0.4) is 0 Å². The number of aromatic nitrogens is 2. The lowest BCUT2D eigenvalue weighted by molar-refractivity contribution is 0.104. The Kier molecular flexibility index (Phi) is 4.19. The number of nitrogens with zero attached hydrogens (tertiary/aromatic N) is 2. The Morgan fingerprint density at radius 3 is 2.42 bits per heavy atom. The largest absolute Gasteiger partial charge is 0.289 e. The fourth-order valence-electron chi connectivity index (χ4n) is 1.90. The van der Waals surface area contributed by atoms with Crippen LogP contribution in [-0.2, 0) is 7.05 Å². The van der Waals surface area contributed by atoms with Gasteiger partial charge >= 0.3 is 0 Å². The second-order valence-corrected chi connectivity index (χ2v) is 5.66. The Morgan fingerprint density at radius 1 is 1.26 bits per heavy atom. The lowest BCUT2D eigenvalue weighted by Crippen LogP contribution is -1.94. The van der Waals surface area contributed by atoms with Gasteiger partial charge in [0.15, 0.2) is 5.78 Å². The average Bonchev–Trinajstić information content (AvgIpc) is 2.62. The summed E-state index contributed by atoms with van der Waals surface area (Å²) < 4.78 is 2.95. The first-order valence-electron chi connectivity index (χ1n) is 5.97. The molecule has 0 aliphatic rings. The number of benzene rings is 1. The fourth-order valence-corrected chi connectivity index (χ4v) is 2.26. The van der Waals surface area contributed by atoms with Gasteiger partial charge in [0.1, 0.15) is 0 Å². The van der Waals surface area contributed by atoms with E-state index in [9.17, 15) is 4.79 Å². The van der Waals surface area contributed by atoms with E-state index in [1.807, 2.05) is 55.9 Å². The van der Waals surface area contributed by atoms with Gasteiger partial charge in [-0.25, -0.2) is 0 Å². The molecule has 0 amide bonds. The Morgan fingerprint density at radius 2 is 1.89 bits per heavy atom. The molecule has 0 bridgehead atoms. The molecule has 0 saturated heterocycles. The van der Waals surface area contributed by atoms with E-state index >= 15 is 0 Å². The van der Waals surface area contributed by atoms with Crippen molar-refractivity contribution in [1.29, 1.82) is 0 Å². The molecule has 98 valence electrons. The Hall–Kier alpha value is -1.43. The number of carbonyl (C=O) groups is 1. The van der Waals surface area contributed by atoms with Crippen molar-refractivity contribution in [2.24, 2.45) is 7.05 Å². The molecule has 2 rings (SSSR count). The van der Waals surface area contributed by atoms with Gasteiger partial charge in [-0.3, -0.25) is 9.48 Å². The van der Waals surface area contributed by atoms with Gasteiger partial charge in [-0.05, 0) is 60.7 Å². The molecule has 1 heterocycles. The maximum absolute atomic E-state index is 12.0. The zero-order valence-corrected chi connectivity index (χ0v) is 13.3. The fraction of sp³-hybridized carbons (Fsp3) is 0.200. The summed E-state index contributed by atoms with van der Waals surface area (Å²) in [5, 5.41) is 4.33. The molecule has 0 atom stereocenters. The van der Waals surface area contributed by atoms with Crippen molar-refractivity contribution >= 4 is 34.5 Å². The molecule has 0 fully saturated rings. The maximum Gasteiger partial charge on any atom is 0.185 e. The van der Waals surface area contributed by atoms with Crippen LogP contribution in [0.25, 0.3) is 6.08 Å². The molecule has 0 unspecified atom stereocenters. The Bertz CT molecular complexity index is 639. The lowest BCUT2D eigenvalue weighted by Gasteiger charge is -1.97. The van der Waals surface area contributed by atoms with Gasteiger partial charge in [0.05, 0.1) is 5.69 Å². The lowest BCUT2D eigenvalue weighted by atomic mass is 10.1. The summed E-state index contributed by atoms with van der Waals surface area (Å²) in [7, 11) is 1.90. The summed E-state index contributed by atoms with van der Waals surface area (Å²) in [5.41, 5.74) is 3.72. The molecule has 1 aromatic carbocycles. The van der Waals surface area contributed by atoms with Crippen LogP contribution in [0, 0.1) is 17.4 Å². The molecule has 0 spiro atoms. The number of hydrogen-bond acceptors (Lipinski definition) is 2. The molecular formula is C15H15IN2O. The first-order valence-corrected chi connectivity index (χ1v) is 7.05. The van der Waals surface area contributed by atoms with Crippen LogP contribution < -0.4 is 0 Å². The van der Waals surface area contributed by atoms with E-state index in [0.717, 1.165) is 20.5 Å². The van der Waals surface area contributed by atoms with Crippen LogP contribution >= 0.6 is 22.6 Å². The first kappa shape index (κ1) is 14.0. The van der Waals surface area contributed by atoms with Gasteiger partial charge in [-0.1, -0.05) is 12.1 Å². The number of carbonyl (C=O) groups excluding carboxylic acids is 1. The maximum atomic E-state index is 12.0. The number of halogens is 1. The van der Waals surface area contributed by atoms with Crippen LogP contribution in [0.5, 0.6) is 0 Å². The van der Waals surface area contributed by atoms with Gasteiger partial charge in [0.25, 0.3) is 0 Å². The van der Waals surface area contributed by atoms with Crippen LogP contribution in [0.4, 0.5) is 0 Å². The van der Waals surface area contributed by atoms with E-state index in [2.05, 4.69) is 27.7 Å². The highest BCUT2D eigenvalue weighted by Crippen LogP contribution is 2.15. The zero-order chi connectivity index (χ0) is 14.0. The van der Waals surface area contributed by atoms with Crippen molar-refractivity contribution in [3.05, 3.63) is 56.4 Å². The van der Waals surface area contributed by atoms with Gasteiger partial charge < -0.3 is 0 Å². The highest BCUT2D eigenvalue weighted by atomic mass is 127. The summed E-state index contributed by atoms with van der Waals surface area (Å²) in [6, 6.07) is 7.55. The van der Waals surface area contributed by atoms with Crippen molar-refractivity contribution in [2.45, 2.75) is 13.8 Å². The summed E-state index contributed by atoms with van der Waals surface area (Å²) in [5.74, 6) is 0.0130. The summed E-state index contributed by atoms with van der Waals surface area (Å²) in [6.45, 7) is 3.94. The van der Waals surface area contributed by atoms with Crippen LogP contribution in [-0.4, -0.2) is 15.6 Å². The van der Waals surface area contributed by atoms with E-state index in [-0.39, 0.29) is 5.78 Å². The molecule has 0 aliphatic heterocycles. The molecule has 19 heavy (non-hydrogen) atoms. The normalized spacial score (nSPS) is 11.2. The molecule has 0 N–H and O–H groups in total. The minimum absolute atomic E-state index is 0.0130. The van der Waals surface area contributed by atoms with Crippen molar-refractivity contribution in [1.82, 2.24) is 9.78 Å². The predicted octanol–water partition coefficient (Wildman–Crippen LogP) is 3.54. The van der Waals surface area contributed by atoms with Gasteiger partial charge in [0, 0.05) is 27.4 Å². The third-order valence-corrected chi connectivity index (χ3v) is 3.81. The molecule has 3 nitrogen and oxygen atoms in total. The van der Waals surface area contributed by atoms with Crippen molar-refractivity contribution in [2.75, 3.05) is 0 Å². The molecule has 0 saturated carbocycles. The standard InChI is InChI=1S/C15H15IN2O/c1-10-14(11(2)18(3)17-10)8-9-15(19)12-4-6-13(16)7-5-12/h4-9H,1-3H3/b9-8+. The van der Waals surface area contributed by atoms with Gasteiger partial charge in [-0.2, -0.15) is 5.10 Å². The van der Waals surface area contributed by atoms with Crippen molar-refractivity contribution in [3.63, 3.8) is 0 Å². The smallest absolute Gasteiger partial charge is 0.185 e. The van der Waals surface area contributed by atoms with Crippen molar-refractivity contribution < 1.29 is 4.79 Å². The highest BCUT2D eigenvalue weighted by Gasteiger charge is 2.07. The van der Waals surface area contributed by atoms with Crippen LogP contribution in [0.1, 0.15) is 27.3 Å². The van der Waals surface area contributed by atoms with E-state index in [4.69, 9.17) is 0 Å². The van der Waals surface area contributed by atoms with E-state index in [0.29, 0.717) is 5.56 Å². The van der Waals surface area contributed by atoms with Crippen molar-refractivity contribution in [3.8, 4) is 0 Å². The predicted molar refractivity (Wildman–Crippen MR) is 85.2 cm³/mol. The number of allylic oxidation sites excluding steroid dienone is 1. The number of ketones is 1. The number of hydrogen-bond donors (Lipinski definition) is 0. The molecule has 2 aromatic rings. The third-order valence-electron chi connectivity index (χ3n) is 3.10. The zero-order valence-electron chi connectivity index (χ0n) is 11.1. The minimum Gasteiger partial charge on any atom is -0.289 e. The molecular weight excluding hydrogens is 351 g/mol.